The van der Waals surface area contributed by atoms with Gasteiger partial charge in [-0.25, -0.2) is 4.79 Å². The van der Waals surface area contributed by atoms with E-state index in [-0.39, 0.29) is 24.0 Å². The number of carbonyl (C=O) groups is 2. The van der Waals surface area contributed by atoms with Crippen molar-refractivity contribution in [2.24, 2.45) is 5.92 Å². The summed E-state index contributed by atoms with van der Waals surface area (Å²) in [6.07, 6.45) is -0.377. The second kappa shape index (κ2) is 11.1. The molecule has 0 aliphatic rings. The zero-order valence-corrected chi connectivity index (χ0v) is 17.9. The number of amides is 2. The van der Waals surface area contributed by atoms with Crippen LogP contribution in [0.4, 0.5) is 4.79 Å². The third-order valence-corrected chi connectivity index (χ3v) is 5.33. The van der Waals surface area contributed by atoms with Crippen LogP contribution in [0.5, 0.6) is 0 Å². The molecule has 1 rings (SSSR count). The number of nitrogens with one attached hydrogen (secondary N) is 2. The van der Waals surface area contributed by atoms with E-state index in [2.05, 4.69) is 10.6 Å². The number of ether oxygens (including phenoxy) is 1. The van der Waals surface area contributed by atoms with Gasteiger partial charge in [0.25, 0.3) is 0 Å². The lowest BCUT2D eigenvalue weighted by Crippen LogP contribution is -2.50. The Hall–Kier alpha value is -1.89. The van der Waals surface area contributed by atoms with Crippen molar-refractivity contribution >= 4 is 22.8 Å². The number of hydrogen-bond acceptors (Lipinski definition) is 4. The number of rotatable bonds is 9. The van der Waals surface area contributed by atoms with Gasteiger partial charge in [0.05, 0.1) is 16.9 Å². The molecule has 2 N–H and O–H groups in total. The first-order valence-corrected chi connectivity index (χ1v) is 10.6. The van der Waals surface area contributed by atoms with Gasteiger partial charge in [-0.2, -0.15) is 0 Å². The predicted octanol–water partition coefficient (Wildman–Crippen LogP) is 3.16. The zero-order valence-electron chi connectivity index (χ0n) is 17.1. The van der Waals surface area contributed by atoms with E-state index >= 15 is 0 Å². The minimum atomic E-state index is -1.21. The van der Waals surface area contributed by atoms with Gasteiger partial charge in [-0.1, -0.05) is 31.5 Å². The molecule has 3 unspecified atom stereocenters. The number of carbonyl (C=O) groups excluding carboxylic acids is 2. The molecule has 1 aromatic carbocycles. The highest BCUT2D eigenvalue weighted by Gasteiger charge is 2.24. The molecule has 0 fully saturated rings. The quantitative estimate of drug-likeness (QED) is 0.671. The van der Waals surface area contributed by atoms with E-state index in [0.717, 1.165) is 10.5 Å². The second-order valence-corrected chi connectivity index (χ2v) is 9.01. The van der Waals surface area contributed by atoms with Crippen molar-refractivity contribution in [2.45, 2.75) is 71.0 Å². The Morgan fingerprint density at radius 2 is 1.63 bits per heavy atom. The Kier molecular flexibility index (Phi) is 9.49. The van der Waals surface area contributed by atoms with Crippen LogP contribution >= 0.6 is 0 Å². The summed E-state index contributed by atoms with van der Waals surface area (Å²) in [5.74, 6) is 0.231. The zero-order chi connectivity index (χ0) is 20.6. The van der Waals surface area contributed by atoms with E-state index in [0.29, 0.717) is 12.2 Å². The van der Waals surface area contributed by atoms with Gasteiger partial charge < -0.3 is 15.4 Å². The van der Waals surface area contributed by atoms with Crippen molar-refractivity contribution in [3.05, 3.63) is 29.8 Å². The smallest absolute Gasteiger partial charge is 0.408 e. The molecule has 0 heterocycles. The third-order valence-electron chi connectivity index (χ3n) is 3.73. The number of aryl methyl sites for hydroxylation is 1. The summed E-state index contributed by atoms with van der Waals surface area (Å²) in [6, 6.07) is 6.53. The van der Waals surface area contributed by atoms with Crippen LogP contribution in [0, 0.1) is 12.8 Å². The highest BCUT2D eigenvalue weighted by atomic mass is 32.2. The first-order chi connectivity index (χ1) is 12.6. The first kappa shape index (κ1) is 23.1. The van der Waals surface area contributed by atoms with Crippen molar-refractivity contribution < 1.29 is 18.5 Å². The van der Waals surface area contributed by atoms with Crippen LogP contribution in [0.25, 0.3) is 0 Å². The molecule has 0 aliphatic heterocycles. The first-order valence-electron chi connectivity index (χ1n) is 9.31. The van der Waals surface area contributed by atoms with E-state index in [1.807, 2.05) is 52.0 Å². The number of hydrogen-bond donors (Lipinski definition) is 2. The molecule has 0 spiro atoms. The summed E-state index contributed by atoms with van der Waals surface area (Å²) in [6.45, 7) is 11.2. The van der Waals surface area contributed by atoms with Gasteiger partial charge in [0.15, 0.2) is 0 Å². The van der Waals surface area contributed by atoms with Gasteiger partial charge in [0.2, 0.25) is 5.91 Å². The van der Waals surface area contributed by atoms with Crippen LogP contribution in [0.3, 0.4) is 0 Å². The van der Waals surface area contributed by atoms with Crippen LogP contribution in [-0.4, -0.2) is 40.1 Å². The fraction of sp³-hybridized carbons (Fsp3) is 0.600. The van der Waals surface area contributed by atoms with Gasteiger partial charge in [0.1, 0.15) is 6.04 Å². The van der Waals surface area contributed by atoms with Gasteiger partial charge in [-0.15, -0.1) is 0 Å². The number of benzene rings is 1. The molecule has 3 atom stereocenters. The fourth-order valence-corrected chi connectivity index (χ4v) is 3.66. The van der Waals surface area contributed by atoms with Crippen molar-refractivity contribution in [3.8, 4) is 0 Å². The molecule has 0 saturated heterocycles. The summed E-state index contributed by atoms with van der Waals surface area (Å²) in [5, 5.41) is 5.48. The molecular formula is C20H32N2O4S. The minimum Gasteiger partial charge on any atom is -0.447 e. The third kappa shape index (κ3) is 9.04. The van der Waals surface area contributed by atoms with E-state index < -0.39 is 22.9 Å². The lowest BCUT2D eigenvalue weighted by Gasteiger charge is -2.23. The van der Waals surface area contributed by atoms with Crippen LogP contribution in [0.15, 0.2) is 29.2 Å². The van der Waals surface area contributed by atoms with Crippen molar-refractivity contribution in [2.75, 3.05) is 5.75 Å². The Labute approximate surface area is 164 Å². The Morgan fingerprint density at radius 3 is 2.15 bits per heavy atom. The van der Waals surface area contributed by atoms with Crippen molar-refractivity contribution in [1.82, 2.24) is 10.6 Å². The monoisotopic (exact) mass is 396 g/mol. The average molecular weight is 397 g/mol. The fourth-order valence-electron chi connectivity index (χ4n) is 2.49. The van der Waals surface area contributed by atoms with Crippen molar-refractivity contribution in [3.63, 3.8) is 0 Å². The molecule has 0 aromatic heterocycles. The Morgan fingerprint density at radius 1 is 1.04 bits per heavy atom. The lowest BCUT2D eigenvalue weighted by molar-refractivity contribution is -0.124. The van der Waals surface area contributed by atoms with Gasteiger partial charge in [0, 0.05) is 16.7 Å². The summed E-state index contributed by atoms with van der Waals surface area (Å²) >= 11 is 0. The average Bonchev–Trinajstić information content (AvgIpc) is 2.53. The highest BCUT2D eigenvalue weighted by molar-refractivity contribution is 7.85. The standard InChI is InChI=1S/C20H32N2O4S/c1-13(2)11-18(22-20(24)26-14(3)4)19(23)21-16(6)12-27(25)17-9-7-15(5)8-10-17/h7-10,13-14,16,18H,11-12H2,1-6H3,(H,21,23)(H,22,24). The SMILES string of the molecule is Cc1ccc(S(=O)CC(C)NC(=O)C(CC(C)C)NC(=O)OC(C)C)cc1. The van der Waals surface area contributed by atoms with Crippen LogP contribution in [-0.2, 0) is 20.3 Å². The van der Waals surface area contributed by atoms with Gasteiger partial charge in [-0.05, 0) is 52.2 Å². The molecule has 27 heavy (non-hydrogen) atoms. The molecule has 7 heteroatoms. The van der Waals surface area contributed by atoms with Crippen LogP contribution < -0.4 is 10.6 Å². The molecule has 6 nitrogen and oxygen atoms in total. The highest BCUT2D eigenvalue weighted by Crippen LogP contribution is 2.10. The molecule has 2 amide bonds. The van der Waals surface area contributed by atoms with Crippen LogP contribution in [0.1, 0.15) is 46.6 Å². The molecular weight excluding hydrogens is 364 g/mol. The Bertz CT molecular complexity index is 644. The summed E-state index contributed by atoms with van der Waals surface area (Å²) < 4.78 is 17.5. The minimum absolute atomic E-state index is 0.220. The molecule has 0 aliphatic carbocycles. The maximum absolute atomic E-state index is 12.6. The Balaban J connectivity index is 2.65. The van der Waals surface area contributed by atoms with Gasteiger partial charge in [-0.3, -0.25) is 9.00 Å². The van der Waals surface area contributed by atoms with E-state index in [1.54, 1.807) is 13.8 Å². The molecule has 0 bridgehead atoms. The normalized spacial score (nSPS) is 14.5. The van der Waals surface area contributed by atoms with E-state index in [9.17, 15) is 13.8 Å². The summed E-state index contributed by atoms with van der Waals surface area (Å²) in [5.41, 5.74) is 1.10. The molecule has 0 radical (unpaired) electrons. The second-order valence-electron chi connectivity index (χ2n) is 7.52. The maximum Gasteiger partial charge on any atom is 0.408 e. The van der Waals surface area contributed by atoms with Crippen LogP contribution in [0.2, 0.25) is 0 Å². The van der Waals surface area contributed by atoms with Crippen molar-refractivity contribution in [1.29, 1.82) is 0 Å². The largest absolute Gasteiger partial charge is 0.447 e. The van der Waals surface area contributed by atoms with E-state index in [4.69, 9.17) is 4.74 Å². The number of alkyl carbamates (subject to hydrolysis) is 1. The lowest BCUT2D eigenvalue weighted by atomic mass is 10.0. The van der Waals surface area contributed by atoms with E-state index in [1.165, 1.54) is 0 Å². The van der Waals surface area contributed by atoms with Gasteiger partial charge >= 0.3 is 6.09 Å². The predicted molar refractivity (Wildman–Crippen MR) is 108 cm³/mol. The summed E-state index contributed by atoms with van der Waals surface area (Å²) in [4.78, 5) is 25.2. The summed E-state index contributed by atoms with van der Waals surface area (Å²) in [7, 11) is -1.21. The maximum atomic E-state index is 12.6. The molecule has 152 valence electrons. The molecule has 1 aromatic rings. The topological polar surface area (TPSA) is 84.5 Å². The molecule has 0 saturated carbocycles.